The van der Waals surface area contributed by atoms with Crippen LogP contribution >= 0.6 is 0 Å². The second-order valence-electron chi connectivity index (χ2n) is 7.97. The van der Waals surface area contributed by atoms with Crippen molar-refractivity contribution < 1.29 is 14.3 Å². The van der Waals surface area contributed by atoms with Crippen LogP contribution in [-0.4, -0.2) is 59.3 Å². The summed E-state index contributed by atoms with van der Waals surface area (Å²) in [6.45, 7) is 0.661. The van der Waals surface area contributed by atoms with Crippen molar-refractivity contribution in [2.24, 2.45) is 17.5 Å². The Morgan fingerprint density at radius 2 is 1.86 bits per heavy atom. The van der Waals surface area contributed by atoms with Crippen LogP contribution in [0.5, 0.6) is 5.88 Å². The molecular formula is C20H32N6O3. The van der Waals surface area contributed by atoms with Crippen molar-refractivity contribution in [3.8, 4) is 5.88 Å². The van der Waals surface area contributed by atoms with E-state index in [0.29, 0.717) is 35.4 Å². The molecule has 2 fully saturated rings. The molecule has 1 amide bonds. The van der Waals surface area contributed by atoms with Gasteiger partial charge in [-0.3, -0.25) is 0 Å². The molecule has 0 aliphatic heterocycles. The zero-order valence-corrected chi connectivity index (χ0v) is 17.3. The zero-order valence-electron chi connectivity index (χ0n) is 17.3. The van der Waals surface area contributed by atoms with E-state index in [-0.39, 0.29) is 12.7 Å². The second kappa shape index (κ2) is 9.78. The van der Waals surface area contributed by atoms with Crippen molar-refractivity contribution >= 4 is 11.8 Å². The molecule has 0 atom stereocenters. The highest BCUT2D eigenvalue weighted by Crippen LogP contribution is 2.29. The van der Waals surface area contributed by atoms with Crippen molar-refractivity contribution in [1.29, 1.82) is 0 Å². The van der Waals surface area contributed by atoms with Gasteiger partial charge < -0.3 is 25.1 Å². The molecule has 9 nitrogen and oxygen atoms in total. The highest BCUT2D eigenvalue weighted by molar-refractivity contribution is 5.68. The van der Waals surface area contributed by atoms with Crippen LogP contribution in [0.1, 0.15) is 50.6 Å². The van der Waals surface area contributed by atoms with E-state index in [9.17, 15) is 4.79 Å². The third kappa shape index (κ3) is 6.22. The minimum Gasteiger partial charge on any atom is -0.473 e. The number of hydrogen-bond acceptors (Lipinski definition) is 8. The van der Waals surface area contributed by atoms with E-state index in [4.69, 9.17) is 21.1 Å². The number of hydrazine groups is 1. The fourth-order valence-electron chi connectivity index (χ4n) is 3.39. The summed E-state index contributed by atoms with van der Waals surface area (Å²) >= 11 is 0. The van der Waals surface area contributed by atoms with E-state index in [1.54, 1.807) is 31.4 Å². The van der Waals surface area contributed by atoms with Gasteiger partial charge in [0.05, 0.1) is 23.8 Å². The van der Waals surface area contributed by atoms with Gasteiger partial charge in [0.15, 0.2) is 0 Å². The van der Waals surface area contributed by atoms with Crippen LogP contribution in [-0.2, 0) is 4.74 Å². The Labute approximate surface area is 172 Å². The summed E-state index contributed by atoms with van der Waals surface area (Å²) in [5.41, 5.74) is 7.45. The molecule has 0 unspecified atom stereocenters. The van der Waals surface area contributed by atoms with Crippen LogP contribution in [0.25, 0.3) is 5.70 Å². The lowest BCUT2D eigenvalue weighted by Crippen LogP contribution is -2.34. The number of rotatable bonds is 8. The summed E-state index contributed by atoms with van der Waals surface area (Å²) in [5.74, 6) is 6.98. The summed E-state index contributed by atoms with van der Waals surface area (Å²) < 4.78 is 11.3. The molecule has 0 saturated heterocycles. The Hall–Kier alpha value is -2.55. The van der Waals surface area contributed by atoms with Crippen LogP contribution in [0.4, 0.5) is 4.79 Å². The first-order chi connectivity index (χ1) is 13.9. The number of aromatic nitrogens is 2. The van der Waals surface area contributed by atoms with Gasteiger partial charge >= 0.3 is 6.09 Å². The zero-order chi connectivity index (χ0) is 20.8. The molecule has 2 aliphatic carbocycles. The van der Waals surface area contributed by atoms with Gasteiger partial charge in [-0.25, -0.2) is 20.6 Å². The third-order valence-corrected chi connectivity index (χ3v) is 5.35. The Kier molecular flexibility index (Phi) is 7.13. The number of carbonyl (C=O) groups excluding carboxylic acids is 1. The summed E-state index contributed by atoms with van der Waals surface area (Å²) in [6, 6.07) is 0. The van der Waals surface area contributed by atoms with Crippen LogP contribution in [0, 0.1) is 5.92 Å². The molecule has 2 aliphatic rings. The smallest absolute Gasteiger partial charge is 0.409 e. The van der Waals surface area contributed by atoms with Crippen molar-refractivity contribution in [3.05, 3.63) is 23.8 Å². The molecule has 0 aromatic carbocycles. The second-order valence-corrected chi connectivity index (χ2v) is 7.97. The average molecular weight is 405 g/mol. The van der Waals surface area contributed by atoms with Gasteiger partial charge in [0.25, 0.3) is 0 Å². The molecule has 1 heterocycles. The number of likely N-dealkylation sites (N-methyl/N-ethyl adjacent to an activating group) is 1. The van der Waals surface area contributed by atoms with Gasteiger partial charge in [0.1, 0.15) is 18.4 Å². The van der Waals surface area contributed by atoms with E-state index in [1.165, 1.54) is 37.1 Å². The molecule has 3 rings (SSSR count). The van der Waals surface area contributed by atoms with Gasteiger partial charge in [-0.1, -0.05) is 6.42 Å². The Morgan fingerprint density at radius 3 is 2.45 bits per heavy atom. The van der Waals surface area contributed by atoms with Gasteiger partial charge in [-0.05, 0) is 44.4 Å². The van der Waals surface area contributed by atoms with E-state index in [0.717, 1.165) is 12.8 Å². The van der Waals surface area contributed by atoms with Gasteiger partial charge in [0, 0.05) is 20.6 Å². The van der Waals surface area contributed by atoms with Gasteiger partial charge in [-0.2, -0.15) is 0 Å². The van der Waals surface area contributed by atoms with Crippen LogP contribution in [0.3, 0.4) is 0 Å². The molecule has 29 heavy (non-hydrogen) atoms. The van der Waals surface area contributed by atoms with Crippen LogP contribution < -0.4 is 16.3 Å². The number of hydrogen-bond donors (Lipinski definition) is 2. The number of carbonyl (C=O) groups is 1. The van der Waals surface area contributed by atoms with E-state index in [1.807, 2.05) is 0 Å². The Bertz CT molecular complexity index is 711. The first kappa shape index (κ1) is 21.2. The lowest BCUT2D eigenvalue weighted by atomic mass is 9.98. The summed E-state index contributed by atoms with van der Waals surface area (Å²) in [4.78, 5) is 22.4. The predicted molar refractivity (Wildman–Crippen MR) is 109 cm³/mol. The maximum absolute atomic E-state index is 12.2. The first-order valence-corrected chi connectivity index (χ1v) is 10.3. The monoisotopic (exact) mass is 404 g/mol. The predicted octanol–water partition coefficient (Wildman–Crippen LogP) is 2.10. The molecule has 9 heteroatoms. The molecular weight excluding hydrogens is 372 g/mol. The summed E-state index contributed by atoms with van der Waals surface area (Å²) in [5, 5.41) is 1.33. The van der Waals surface area contributed by atoms with Crippen LogP contribution in [0.2, 0.25) is 0 Å². The van der Waals surface area contributed by atoms with E-state index in [2.05, 4.69) is 9.97 Å². The third-order valence-electron chi connectivity index (χ3n) is 5.35. The standard InChI is InChI=1S/C20H32N6O3/c1-25(12-14-8-9-14)20(27)28-13-17(26(2)22)19(21)16-10-24-18(11-23-16)29-15-6-4-3-5-7-15/h10-11,14-15H,3-9,12-13,21-22H2,1-2H3/b19-17-. The molecule has 4 N–H and O–H groups in total. The number of amides is 1. The molecule has 0 spiro atoms. The van der Waals surface area contributed by atoms with Gasteiger partial charge in [-0.15, -0.1) is 0 Å². The largest absolute Gasteiger partial charge is 0.473 e. The van der Waals surface area contributed by atoms with E-state index < -0.39 is 6.09 Å². The average Bonchev–Trinajstić information content (AvgIpc) is 3.53. The summed E-state index contributed by atoms with van der Waals surface area (Å²) in [7, 11) is 3.37. The van der Waals surface area contributed by atoms with Crippen molar-refractivity contribution in [2.45, 2.75) is 51.0 Å². The first-order valence-electron chi connectivity index (χ1n) is 10.3. The SMILES string of the molecule is CN(CC1CC1)C(=O)OC/C(=C(/N)c1cnc(OC2CCCCC2)cn1)N(C)N. The van der Waals surface area contributed by atoms with Crippen LogP contribution in [0.15, 0.2) is 18.1 Å². The quantitative estimate of drug-likeness (QED) is 0.499. The van der Waals surface area contributed by atoms with Crippen molar-refractivity contribution in [3.63, 3.8) is 0 Å². The molecule has 160 valence electrons. The van der Waals surface area contributed by atoms with E-state index >= 15 is 0 Å². The molecule has 1 aromatic heterocycles. The topological polar surface area (TPSA) is 120 Å². The Balaban J connectivity index is 1.61. The maximum Gasteiger partial charge on any atom is 0.409 e. The minimum absolute atomic E-state index is 0.0469. The number of nitrogens with two attached hydrogens (primary N) is 2. The summed E-state index contributed by atoms with van der Waals surface area (Å²) in [6.07, 6.45) is 11.0. The highest BCUT2D eigenvalue weighted by Gasteiger charge is 2.26. The lowest BCUT2D eigenvalue weighted by molar-refractivity contribution is 0.112. The highest BCUT2D eigenvalue weighted by atomic mass is 16.6. The normalized spacial score (nSPS) is 18.0. The lowest BCUT2D eigenvalue weighted by Gasteiger charge is -2.23. The molecule has 0 radical (unpaired) electrons. The number of nitrogens with zero attached hydrogens (tertiary/aromatic N) is 4. The van der Waals surface area contributed by atoms with Crippen molar-refractivity contribution in [2.75, 3.05) is 27.2 Å². The molecule has 0 bridgehead atoms. The Morgan fingerprint density at radius 1 is 1.14 bits per heavy atom. The fraction of sp³-hybridized carbons (Fsp3) is 0.650. The van der Waals surface area contributed by atoms with Gasteiger partial charge in [0.2, 0.25) is 5.88 Å². The fourth-order valence-corrected chi connectivity index (χ4v) is 3.39. The molecule has 1 aromatic rings. The molecule has 2 saturated carbocycles. The van der Waals surface area contributed by atoms with Crippen molar-refractivity contribution in [1.82, 2.24) is 19.9 Å². The maximum atomic E-state index is 12.2. The minimum atomic E-state index is -0.397. The number of ether oxygens (including phenoxy) is 2.